The Kier molecular flexibility index (Phi) is 4.06. The lowest BCUT2D eigenvalue weighted by Gasteiger charge is -2.38. The van der Waals surface area contributed by atoms with Gasteiger partial charge in [-0.3, -0.25) is 18.9 Å². The van der Waals surface area contributed by atoms with Crippen molar-refractivity contribution in [2.24, 2.45) is 14.1 Å². The first kappa shape index (κ1) is 16.5. The van der Waals surface area contributed by atoms with Crippen LogP contribution in [0.2, 0.25) is 0 Å². The summed E-state index contributed by atoms with van der Waals surface area (Å²) in [5, 5.41) is 0.493. The van der Waals surface area contributed by atoms with Crippen LogP contribution < -0.4 is 16.1 Å². The summed E-state index contributed by atoms with van der Waals surface area (Å²) in [4.78, 5) is 35.9. The molecule has 0 bridgehead atoms. The van der Waals surface area contributed by atoms with Gasteiger partial charge in [-0.25, -0.2) is 9.78 Å². The quantitative estimate of drug-likeness (QED) is 0.703. The molecule has 1 saturated heterocycles. The minimum Gasteiger partial charge on any atom is -0.364 e. The summed E-state index contributed by atoms with van der Waals surface area (Å²) >= 11 is 0. The number of anilines is 1. The van der Waals surface area contributed by atoms with Crippen LogP contribution in [-0.4, -0.2) is 25.6 Å². The molecule has 1 atom stereocenters. The molecule has 3 aromatic rings. The van der Waals surface area contributed by atoms with Gasteiger partial charge >= 0.3 is 5.69 Å². The Morgan fingerprint density at radius 1 is 1.08 bits per heavy atom. The highest BCUT2D eigenvalue weighted by Crippen LogP contribution is 2.36. The van der Waals surface area contributed by atoms with Crippen molar-refractivity contribution in [3.8, 4) is 0 Å². The average molecular weight is 351 g/mol. The second-order valence-electron chi connectivity index (χ2n) is 6.73. The van der Waals surface area contributed by atoms with Gasteiger partial charge in [0, 0.05) is 39.2 Å². The molecule has 7 nitrogen and oxygen atoms in total. The molecule has 3 aromatic heterocycles. The molecule has 1 fully saturated rings. The fourth-order valence-electron chi connectivity index (χ4n) is 3.85. The fraction of sp³-hybridized carbons (Fsp3) is 0.368. The molecular weight excluding hydrogens is 330 g/mol. The minimum atomic E-state index is -0.366. The zero-order valence-electron chi connectivity index (χ0n) is 14.9. The molecule has 1 aliphatic heterocycles. The largest absolute Gasteiger partial charge is 0.364 e. The third kappa shape index (κ3) is 2.51. The molecule has 7 heteroatoms. The summed E-state index contributed by atoms with van der Waals surface area (Å²) < 4.78 is 2.58. The van der Waals surface area contributed by atoms with Gasteiger partial charge in [-0.1, -0.05) is 6.07 Å². The van der Waals surface area contributed by atoms with Crippen LogP contribution in [0.15, 0.2) is 46.4 Å². The number of nitrogens with zero attached hydrogens (tertiary/aromatic N) is 5. The number of hydrogen-bond donors (Lipinski definition) is 0. The fourth-order valence-corrected chi connectivity index (χ4v) is 3.85. The molecule has 0 aromatic carbocycles. The van der Waals surface area contributed by atoms with E-state index in [9.17, 15) is 9.59 Å². The van der Waals surface area contributed by atoms with Gasteiger partial charge in [-0.05, 0) is 37.0 Å². The van der Waals surface area contributed by atoms with E-state index in [-0.39, 0.29) is 17.3 Å². The molecule has 1 aliphatic rings. The number of aromatic nitrogens is 4. The van der Waals surface area contributed by atoms with E-state index in [4.69, 9.17) is 0 Å². The maximum Gasteiger partial charge on any atom is 0.332 e. The monoisotopic (exact) mass is 351 g/mol. The smallest absolute Gasteiger partial charge is 0.332 e. The number of rotatable bonds is 2. The Hall–Kier alpha value is -2.96. The molecule has 4 heterocycles. The van der Waals surface area contributed by atoms with Gasteiger partial charge in [0.15, 0.2) is 5.65 Å². The van der Waals surface area contributed by atoms with Crippen LogP contribution in [-0.2, 0) is 14.1 Å². The van der Waals surface area contributed by atoms with E-state index >= 15 is 0 Å². The Balaban J connectivity index is 1.96. The molecule has 26 heavy (non-hydrogen) atoms. The van der Waals surface area contributed by atoms with Gasteiger partial charge < -0.3 is 4.90 Å². The maximum absolute atomic E-state index is 12.9. The molecule has 0 amide bonds. The molecule has 0 radical (unpaired) electrons. The van der Waals surface area contributed by atoms with Crippen LogP contribution in [0.25, 0.3) is 11.0 Å². The zero-order valence-corrected chi connectivity index (χ0v) is 14.9. The van der Waals surface area contributed by atoms with Crippen molar-refractivity contribution < 1.29 is 0 Å². The third-order valence-corrected chi connectivity index (χ3v) is 5.20. The second-order valence-corrected chi connectivity index (χ2v) is 6.73. The molecule has 0 spiro atoms. The minimum absolute atomic E-state index is 0.157. The van der Waals surface area contributed by atoms with Crippen LogP contribution in [0.4, 0.5) is 5.69 Å². The first-order valence-electron chi connectivity index (χ1n) is 8.81. The van der Waals surface area contributed by atoms with Crippen LogP contribution in [0.5, 0.6) is 0 Å². The zero-order chi connectivity index (χ0) is 18.3. The van der Waals surface area contributed by atoms with E-state index in [1.54, 1.807) is 19.4 Å². The number of pyridine rings is 2. The van der Waals surface area contributed by atoms with Crippen molar-refractivity contribution in [3.63, 3.8) is 0 Å². The van der Waals surface area contributed by atoms with E-state index in [1.165, 1.54) is 11.6 Å². The number of aryl methyl sites for hydroxylation is 1. The van der Waals surface area contributed by atoms with Gasteiger partial charge in [0.05, 0.1) is 11.7 Å². The molecular formula is C19H21N5O2. The maximum atomic E-state index is 12.9. The standard InChI is InChI=1S/C19H21N5O2/c1-22-17-16(18(25)23(2)19(22)26)15(8-10-21-17)24-11-4-3-7-14(24)13-6-5-9-20-12-13/h5-6,8-10,12,14H,3-4,7,11H2,1-2H3. The van der Waals surface area contributed by atoms with E-state index < -0.39 is 0 Å². The summed E-state index contributed by atoms with van der Waals surface area (Å²) in [7, 11) is 3.16. The lowest BCUT2D eigenvalue weighted by atomic mass is 9.95. The van der Waals surface area contributed by atoms with Crippen LogP contribution in [0.1, 0.15) is 30.9 Å². The van der Waals surface area contributed by atoms with Gasteiger partial charge in [0.1, 0.15) is 5.39 Å². The van der Waals surface area contributed by atoms with E-state index in [2.05, 4.69) is 20.9 Å². The van der Waals surface area contributed by atoms with Crippen molar-refractivity contribution >= 4 is 16.7 Å². The molecule has 0 N–H and O–H groups in total. The first-order valence-corrected chi connectivity index (χ1v) is 8.81. The summed E-state index contributed by atoms with van der Waals surface area (Å²) in [6.07, 6.45) is 8.53. The summed E-state index contributed by atoms with van der Waals surface area (Å²) in [5.41, 5.74) is 1.72. The summed E-state index contributed by atoms with van der Waals surface area (Å²) in [6.45, 7) is 0.852. The lowest BCUT2D eigenvalue weighted by molar-refractivity contribution is 0.473. The SMILES string of the molecule is Cn1c(=O)c2c(N3CCCCC3c3cccnc3)ccnc2n(C)c1=O. The van der Waals surface area contributed by atoms with Gasteiger partial charge in [-0.2, -0.15) is 0 Å². The van der Waals surface area contributed by atoms with Crippen molar-refractivity contribution in [2.75, 3.05) is 11.4 Å². The van der Waals surface area contributed by atoms with Gasteiger partial charge in [0.2, 0.25) is 0 Å². The Bertz CT molecular complexity index is 1070. The van der Waals surface area contributed by atoms with Crippen LogP contribution in [0.3, 0.4) is 0 Å². The van der Waals surface area contributed by atoms with Crippen molar-refractivity contribution in [2.45, 2.75) is 25.3 Å². The van der Waals surface area contributed by atoms with E-state index in [0.717, 1.165) is 41.6 Å². The highest BCUT2D eigenvalue weighted by atomic mass is 16.2. The normalized spacial score (nSPS) is 17.6. The van der Waals surface area contributed by atoms with Gasteiger partial charge in [0.25, 0.3) is 5.56 Å². The predicted molar refractivity (Wildman–Crippen MR) is 100 cm³/mol. The van der Waals surface area contributed by atoms with Gasteiger partial charge in [-0.15, -0.1) is 0 Å². The molecule has 0 aliphatic carbocycles. The van der Waals surface area contributed by atoms with E-state index in [1.807, 2.05) is 18.3 Å². The van der Waals surface area contributed by atoms with Crippen molar-refractivity contribution in [3.05, 3.63) is 63.2 Å². The van der Waals surface area contributed by atoms with Crippen LogP contribution >= 0.6 is 0 Å². The highest BCUT2D eigenvalue weighted by Gasteiger charge is 2.27. The van der Waals surface area contributed by atoms with Crippen LogP contribution in [0, 0.1) is 0 Å². The topological polar surface area (TPSA) is 73.0 Å². The predicted octanol–water partition coefficient (Wildman–Crippen LogP) is 1.76. The second kappa shape index (κ2) is 6.40. The number of fused-ring (bicyclic) bond motifs is 1. The van der Waals surface area contributed by atoms with Crippen molar-refractivity contribution in [1.82, 2.24) is 19.1 Å². The number of hydrogen-bond acceptors (Lipinski definition) is 5. The lowest BCUT2D eigenvalue weighted by Crippen LogP contribution is -2.39. The Labute approximate surface area is 150 Å². The van der Waals surface area contributed by atoms with Crippen molar-refractivity contribution in [1.29, 1.82) is 0 Å². The highest BCUT2D eigenvalue weighted by molar-refractivity contribution is 5.89. The summed E-state index contributed by atoms with van der Waals surface area (Å²) in [6, 6.07) is 6.05. The summed E-state index contributed by atoms with van der Waals surface area (Å²) in [5.74, 6) is 0. The molecule has 0 saturated carbocycles. The molecule has 1 unspecified atom stereocenters. The van der Waals surface area contributed by atoms with E-state index in [0.29, 0.717) is 11.0 Å². The third-order valence-electron chi connectivity index (χ3n) is 5.20. The Morgan fingerprint density at radius 3 is 2.69 bits per heavy atom. The number of piperidine rings is 1. The Morgan fingerprint density at radius 2 is 1.92 bits per heavy atom. The molecule has 134 valence electrons. The first-order chi connectivity index (χ1) is 12.6. The average Bonchev–Trinajstić information content (AvgIpc) is 2.70. The molecule has 4 rings (SSSR count).